The van der Waals surface area contributed by atoms with E-state index in [1.807, 2.05) is 6.92 Å². The van der Waals surface area contributed by atoms with Crippen LogP contribution in [0.25, 0.3) is 0 Å². The van der Waals surface area contributed by atoms with Crippen molar-refractivity contribution in [1.29, 1.82) is 0 Å². The van der Waals surface area contributed by atoms with Crippen LogP contribution in [0.4, 0.5) is 0 Å². The molecule has 1 amide bonds. The molecule has 2 aliphatic rings. The second-order valence-corrected chi connectivity index (χ2v) is 9.05. The van der Waals surface area contributed by atoms with E-state index < -0.39 is 5.97 Å². The van der Waals surface area contributed by atoms with Crippen LogP contribution in [0.15, 0.2) is 16.9 Å². The van der Waals surface area contributed by atoms with Crippen molar-refractivity contribution in [1.82, 2.24) is 24.3 Å². The first kappa shape index (κ1) is 24.8. The van der Waals surface area contributed by atoms with Crippen molar-refractivity contribution in [2.45, 2.75) is 46.1 Å². The van der Waals surface area contributed by atoms with Gasteiger partial charge in [-0.05, 0) is 45.8 Å². The minimum absolute atomic E-state index is 0.225. The van der Waals surface area contributed by atoms with Crippen molar-refractivity contribution >= 4 is 11.9 Å². The standard InChI is InChI=1S/C25H33N5O5/c1-17-15-19(27-18(2)26-17)24(32)29-10-7-20-23(25(33)34-3)21(16-22(31)30(20)12-11-29)35-14-13-28-8-5-4-6-9-28/h15-16H,4-14H2,1-3H3. The molecule has 0 radical (unpaired) electrons. The molecule has 0 N–H and O–H groups in total. The minimum atomic E-state index is -0.552. The fraction of sp³-hybridized carbons (Fsp3) is 0.560. The molecule has 10 nitrogen and oxygen atoms in total. The van der Waals surface area contributed by atoms with Crippen LogP contribution in [-0.2, 0) is 17.7 Å². The summed E-state index contributed by atoms with van der Waals surface area (Å²) in [5, 5.41) is 0. The topological polar surface area (TPSA) is 107 Å². The third-order valence-corrected chi connectivity index (χ3v) is 6.57. The van der Waals surface area contributed by atoms with Crippen molar-refractivity contribution < 1.29 is 19.1 Å². The molecule has 0 spiro atoms. The molecule has 0 aliphatic carbocycles. The number of carbonyl (C=O) groups is 2. The van der Waals surface area contributed by atoms with Crippen molar-refractivity contribution in [3.8, 4) is 5.75 Å². The number of hydrogen-bond donors (Lipinski definition) is 0. The van der Waals surface area contributed by atoms with Crippen LogP contribution < -0.4 is 10.3 Å². The van der Waals surface area contributed by atoms with Gasteiger partial charge in [-0.15, -0.1) is 0 Å². The highest BCUT2D eigenvalue weighted by Gasteiger charge is 2.28. The van der Waals surface area contributed by atoms with E-state index in [4.69, 9.17) is 9.47 Å². The number of aromatic nitrogens is 3. The van der Waals surface area contributed by atoms with Crippen LogP contribution >= 0.6 is 0 Å². The smallest absolute Gasteiger partial charge is 0.343 e. The fourth-order valence-electron chi connectivity index (χ4n) is 4.84. The highest BCUT2D eigenvalue weighted by molar-refractivity contribution is 5.94. The summed E-state index contributed by atoms with van der Waals surface area (Å²) >= 11 is 0. The summed E-state index contributed by atoms with van der Waals surface area (Å²) in [4.78, 5) is 51.4. The lowest BCUT2D eigenvalue weighted by molar-refractivity contribution is 0.0592. The molecule has 2 aromatic rings. The minimum Gasteiger partial charge on any atom is -0.491 e. The van der Waals surface area contributed by atoms with Crippen molar-refractivity contribution in [3.63, 3.8) is 0 Å². The number of hydrogen-bond acceptors (Lipinski definition) is 8. The molecule has 188 valence electrons. The maximum absolute atomic E-state index is 13.2. The fourth-order valence-corrected chi connectivity index (χ4v) is 4.84. The van der Waals surface area contributed by atoms with Gasteiger partial charge >= 0.3 is 5.97 Å². The zero-order chi connectivity index (χ0) is 24.9. The average molecular weight is 484 g/mol. The molecular weight excluding hydrogens is 450 g/mol. The summed E-state index contributed by atoms with van der Waals surface area (Å²) < 4.78 is 12.6. The second-order valence-electron chi connectivity index (χ2n) is 9.05. The molecule has 0 unspecified atom stereocenters. The number of pyridine rings is 1. The Bertz CT molecular complexity index is 1140. The maximum Gasteiger partial charge on any atom is 0.343 e. The lowest BCUT2D eigenvalue weighted by atomic mass is 10.1. The quantitative estimate of drug-likeness (QED) is 0.571. The molecule has 35 heavy (non-hydrogen) atoms. The molecule has 0 bridgehead atoms. The molecule has 10 heteroatoms. The number of methoxy groups -OCH3 is 1. The van der Waals surface area contributed by atoms with E-state index in [1.54, 1.807) is 22.5 Å². The number of amides is 1. The first-order chi connectivity index (χ1) is 16.9. The Morgan fingerprint density at radius 1 is 1.00 bits per heavy atom. The summed E-state index contributed by atoms with van der Waals surface area (Å²) in [5.74, 6) is -0.00504. The summed E-state index contributed by atoms with van der Waals surface area (Å²) in [6.45, 7) is 7.68. The Balaban J connectivity index is 1.56. The zero-order valence-corrected chi connectivity index (χ0v) is 20.7. The van der Waals surface area contributed by atoms with Gasteiger partial charge in [-0.25, -0.2) is 14.8 Å². The second kappa shape index (κ2) is 11.0. The number of likely N-dealkylation sites (tertiary alicyclic amines) is 1. The Kier molecular flexibility index (Phi) is 7.80. The van der Waals surface area contributed by atoms with Crippen molar-refractivity contribution in [2.75, 3.05) is 46.4 Å². The Morgan fingerprint density at radius 2 is 1.77 bits per heavy atom. The van der Waals surface area contributed by atoms with Gasteiger partial charge in [0.05, 0.1) is 7.11 Å². The third-order valence-electron chi connectivity index (χ3n) is 6.57. The average Bonchev–Trinajstić information content (AvgIpc) is 3.07. The molecule has 4 rings (SSSR count). The highest BCUT2D eigenvalue weighted by atomic mass is 16.5. The number of carbonyl (C=O) groups excluding carboxylic acids is 2. The van der Waals surface area contributed by atoms with Gasteiger partial charge in [0.2, 0.25) is 0 Å². The predicted molar refractivity (Wildman–Crippen MR) is 129 cm³/mol. The van der Waals surface area contributed by atoms with Crippen molar-refractivity contribution in [2.24, 2.45) is 0 Å². The van der Waals surface area contributed by atoms with E-state index in [9.17, 15) is 14.4 Å². The van der Waals surface area contributed by atoms with E-state index in [2.05, 4.69) is 14.9 Å². The maximum atomic E-state index is 13.2. The number of fused-ring (bicyclic) bond motifs is 1. The van der Waals surface area contributed by atoms with E-state index in [0.717, 1.165) is 25.3 Å². The third kappa shape index (κ3) is 5.70. The molecule has 2 aromatic heterocycles. The molecule has 0 saturated carbocycles. The van der Waals surface area contributed by atoms with Gasteiger partial charge < -0.3 is 18.9 Å². The van der Waals surface area contributed by atoms with E-state index in [0.29, 0.717) is 43.3 Å². The Labute approximate surface area is 204 Å². The van der Waals surface area contributed by atoms with Crippen LogP contribution in [0, 0.1) is 13.8 Å². The molecule has 0 atom stereocenters. The van der Waals surface area contributed by atoms with Crippen LogP contribution in [0.2, 0.25) is 0 Å². The Hall–Kier alpha value is -3.27. The van der Waals surface area contributed by atoms with Crippen LogP contribution in [0.5, 0.6) is 5.75 Å². The summed E-state index contributed by atoms with van der Waals surface area (Å²) in [6, 6.07) is 3.02. The number of aryl methyl sites for hydroxylation is 2. The molecule has 0 aromatic carbocycles. The number of rotatable bonds is 6. The van der Waals surface area contributed by atoms with Gasteiger partial charge in [-0.3, -0.25) is 14.5 Å². The van der Waals surface area contributed by atoms with E-state index in [1.165, 1.54) is 32.4 Å². The van der Waals surface area contributed by atoms with Crippen LogP contribution in [-0.4, -0.2) is 82.7 Å². The summed E-state index contributed by atoms with van der Waals surface area (Å²) in [6.07, 6.45) is 3.92. The van der Waals surface area contributed by atoms with Gasteiger partial charge in [0, 0.05) is 50.1 Å². The van der Waals surface area contributed by atoms with Crippen molar-refractivity contribution in [3.05, 3.63) is 51.0 Å². The predicted octanol–water partition coefficient (Wildman–Crippen LogP) is 1.60. The Morgan fingerprint density at radius 3 is 2.49 bits per heavy atom. The molecular formula is C25H33N5O5. The lowest BCUT2D eigenvalue weighted by Gasteiger charge is -2.26. The van der Waals surface area contributed by atoms with Crippen LogP contribution in [0.3, 0.4) is 0 Å². The summed E-state index contributed by atoms with van der Waals surface area (Å²) in [7, 11) is 1.31. The molecule has 1 saturated heterocycles. The largest absolute Gasteiger partial charge is 0.491 e. The molecule has 1 fully saturated rings. The highest BCUT2D eigenvalue weighted by Crippen LogP contribution is 2.24. The molecule has 4 heterocycles. The first-order valence-electron chi connectivity index (χ1n) is 12.2. The van der Waals surface area contributed by atoms with Gasteiger partial charge in [0.15, 0.2) is 0 Å². The number of ether oxygens (including phenoxy) is 2. The van der Waals surface area contributed by atoms with Gasteiger partial charge in [0.25, 0.3) is 11.5 Å². The molecule has 2 aliphatic heterocycles. The normalized spacial score (nSPS) is 16.4. The SMILES string of the molecule is COC(=O)c1c(OCCN2CCCCC2)cc(=O)n2c1CCN(C(=O)c1cc(C)nc(C)n1)CC2. The first-order valence-corrected chi connectivity index (χ1v) is 12.2. The van der Waals surface area contributed by atoms with E-state index >= 15 is 0 Å². The monoisotopic (exact) mass is 483 g/mol. The number of esters is 1. The summed E-state index contributed by atoms with van der Waals surface area (Å²) in [5.41, 5.74) is 1.57. The number of piperidine rings is 1. The van der Waals surface area contributed by atoms with Gasteiger partial charge in [0.1, 0.15) is 29.4 Å². The number of nitrogens with zero attached hydrogens (tertiary/aromatic N) is 5. The zero-order valence-electron chi connectivity index (χ0n) is 20.7. The van der Waals surface area contributed by atoms with E-state index in [-0.39, 0.29) is 29.3 Å². The van der Waals surface area contributed by atoms with Crippen LogP contribution in [0.1, 0.15) is 57.3 Å². The van der Waals surface area contributed by atoms with Gasteiger partial charge in [-0.1, -0.05) is 6.42 Å². The lowest BCUT2D eigenvalue weighted by Crippen LogP contribution is -2.35. The van der Waals surface area contributed by atoms with Gasteiger partial charge in [-0.2, -0.15) is 0 Å².